The molecule has 34 heavy (non-hydrogen) atoms. The molecular weight excluding hydrogens is 437 g/mol. The number of phenols is 2. The Bertz CT molecular complexity index is 1220. The van der Waals surface area contributed by atoms with Crippen LogP contribution >= 0.6 is 0 Å². The van der Waals surface area contributed by atoms with Crippen LogP contribution in [0.1, 0.15) is 42.9 Å². The number of carbonyl (C=O) groups is 1. The van der Waals surface area contributed by atoms with Crippen LogP contribution in [0.25, 0.3) is 17.0 Å². The molecule has 178 valence electrons. The summed E-state index contributed by atoms with van der Waals surface area (Å²) in [5, 5.41) is 24.1. The zero-order chi connectivity index (χ0) is 23.7. The SMILES string of the molecule is O=C(/C=C/c1ccc(O)c(O)c1)N1CC[C@H]1CCN1CCC(c2noc3cc(F)ccc23)CC1. The van der Waals surface area contributed by atoms with E-state index in [4.69, 9.17) is 4.52 Å². The van der Waals surface area contributed by atoms with Crippen molar-refractivity contribution in [3.8, 4) is 11.5 Å². The molecule has 7 nitrogen and oxygen atoms in total. The number of amides is 1. The van der Waals surface area contributed by atoms with E-state index in [1.165, 1.54) is 30.3 Å². The predicted molar refractivity (Wildman–Crippen MR) is 126 cm³/mol. The summed E-state index contributed by atoms with van der Waals surface area (Å²) in [7, 11) is 0. The van der Waals surface area contributed by atoms with Gasteiger partial charge in [0.25, 0.3) is 0 Å². The minimum absolute atomic E-state index is 0.0307. The Kier molecular flexibility index (Phi) is 6.24. The highest BCUT2D eigenvalue weighted by Gasteiger charge is 2.32. The van der Waals surface area contributed by atoms with Gasteiger partial charge in [0.2, 0.25) is 5.91 Å². The summed E-state index contributed by atoms with van der Waals surface area (Å²) in [5.74, 6) is -0.416. The molecule has 0 aliphatic carbocycles. The average Bonchev–Trinajstić information content (AvgIpc) is 3.22. The molecule has 1 atom stereocenters. The van der Waals surface area contributed by atoms with Crippen LogP contribution in [0.2, 0.25) is 0 Å². The summed E-state index contributed by atoms with van der Waals surface area (Å²) in [6.07, 6.45) is 7.10. The van der Waals surface area contributed by atoms with Crippen molar-refractivity contribution < 1.29 is 23.9 Å². The summed E-state index contributed by atoms with van der Waals surface area (Å²) in [6, 6.07) is 9.32. The number of hydrogen-bond acceptors (Lipinski definition) is 6. The molecule has 0 saturated carbocycles. The third-order valence-electron chi connectivity index (χ3n) is 7.06. The van der Waals surface area contributed by atoms with Gasteiger partial charge < -0.3 is 24.5 Å². The molecular formula is C26H28FN3O4. The zero-order valence-corrected chi connectivity index (χ0v) is 18.9. The Morgan fingerprint density at radius 3 is 2.65 bits per heavy atom. The van der Waals surface area contributed by atoms with Crippen LogP contribution in [0.3, 0.4) is 0 Å². The van der Waals surface area contributed by atoms with Crippen molar-refractivity contribution in [1.29, 1.82) is 0 Å². The van der Waals surface area contributed by atoms with Crippen LogP contribution in [0.15, 0.2) is 47.0 Å². The van der Waals surface area contributed by atoms with E-state index in [-0.39, 0.29) is 29.3 Å². The normalized spacial score (nSPS) is 19.7. The lowest BCUT2D eigenvalue weighted by Crippen LogP contribution is -2.51. The second kappa shape index (κ2) is 9.46. The van der Waals surface area contributed by atoms with E-state index >= 15 is 0 Å². The number of hydrogen-bond donors (Lipinski definition) is 2. The Balaban J connectivity index is 1.09. The first kappa shape index (κ1) is 22.4. The first-order chi connectivity index (χ1) is 16.5. The number of halogens is 1. The van der Waals surface area contributed by atoms with Crippen molar-refractivity contribution in [2.24, 2.45) is 0 Å². The van der Waals surface area contributed by atoms with Gasteiger partial charge in [0, 0.05) is 42.6 Å². The van der Waals surface area contributed by atoms with E-state index in [0.717, 1.165) is 62.9 Å². The molecule has 1 amide bonds. The number of aromatic hydroxyl groups is 2. The number of nitrogens with zero attached hydrogens (tertiary/aromatic N) is 3. The number of benzene rings is 2. The average molecular weight is 466 g/mol. The Labute approximate surface area is 197 Å². The molecule has 2 aliphatic heterocycles. The van der Waals surface area contributed by atoms with Crippen LogP contribution in [-0.4, -0.2) is 63.3 Å². The van der Waals surface area contributed by atoms with E-state index < -0.39 is 0 Å². The van der Waals surface area contributed by atoms with Gasteiger partial charge in [0.1, 0.15) is 5.82 Å². The topological polar surface area (TPSA) is 90.0 Å². The summed E-state index contributed by atoms with van der Waals surface area (Å²) in [4.78, 5) is 16.9. The molecule has 2 fully saturated rings. The number of piperidine rings is 1. The lowest BCUT2D eigenvalue weighted by molar-refractivity contribution is -0.133. The molecule has 0 bridgehead atoms. The molecule has 0 radical (unpaired) electrons. The minimum Gasteiger partial charge on any atom is -0.504 e. The van der Waals surface area contributed by atoms with Gasteiger partial charge in [-0.15, -0.1) is 0 Å². The van der Waals surface area contributed by atoms with Crippen LogP contribution in [0.4, 0.5) is 4.39 Å². The second-order valence-electron chi connectivity index (χ2n) is 9.17. The summed E-state index contributed by atoms with van der Waals surface area (Å²) in [6.45, 7) is 3.63. The van der Waals surface area contributed by atoms with Crippen molar-refractivity contribution in [3.63, 3.8) is 0 Å². The van der Waals surface area contributed by atoms with Crippen molar-refractivity contribution in [3.05, 3.63) is 59.5 Å². The lowest BCUT2D eigenvalue weighted by atomic mass is 9.91. The highest BCUT2D eigenvalue weighted by molar-refractivity contribution is 5.92. The largest absolute Gasteiger partial charge is 0.504 e. The first-order valence-corrected chi connectivity index (χ1v) is 11.8. The van der Waals surface area contributed by atoms with Crippen molar-refractivity contribution in [1.82, 2.24) is 15.0 Å². The Morgan fingerprint density at radius 1 is 1.09 bits per heavy atom. The minimum atomic E-state index is -0.316. The smallest absolute Gasteiger partial charge is 0.246 e. The fourth-order valence-electron chi connectivity index (χ4n) is 4.93. The van der Waals surface area contributed by atoms with Crippen LogP contribution < -0.4 is 0 Å². The third-order valence-corrected chi connectivity index (χ3v) is 7.06. The number of carbonyl (C=O) groups excluding carboxylic acids is 1. The van der Waals surface area contributed by atoms with Gasteiger partial charge in [-0.05, 0) is 74.7 Å². The van der Waals surface area contributed by atoms with E-state index in [0.29, 0.717) is 17.1 Å². The number of likely N-dealkylation sites (tertiary alicyclic amines) is 2. The maximum atomic E-state index is 13.4. The molecule has 2 aliphatic rings. The summed E-state index contributed by atoms with van der Waals surface area (Å²) < 4.78 is 18.7. The van der Waals surface area contributed by atoms with Gasteiger partial charge in [-0.3, -0.25) is 4.79 Å². The molecule has 2 saturated heterocycles. The van der Waals surface area contributed by atoms with E-state index in [1.807, 2.05) is 4.90 Å². The molecule has 5 rings (SSSR count). The summed E-state index contributed by atoms with van der Waals surface area (Å²) >= 11 is 0. The third kappa shape index (κ3) is 4.63. The Hall–Kier alpha value is -3.39. The Morgan fingerprint density at radius 2 is 1.91 bits per heavy atom. The van der Waals surface area contributed by atoms with Gasteiger partial charge in [-0.1, -0.05) is 11.2 Å². The lowest BCUT2D eigenvalue weighted by Gasteiger charge is -2.42. The molecule has 1 aromatic heterocycles. The van der Waals surface area contributed by atoms with Gasteiger partial charge >= 0.3 is 0 Å². The predicted octanol–water partition coefficient (Wildman–Crippen LogP) is 4.26. The number of phenolic OH excluding ortho intramolecular Hbond substituents is 2. The molecule has 3 heterocycles. The second-order valence-corrected chi connectivity index (χ2v) is 9.17. The molecule has 8 heteroatoms. The van der Waals surface area contributed by atoms with E-state index in [1.54, 1.807) is 18.2 Å². The van der Waals surface area contributed by atoms with Gasteiger partial charge in [0.05, 0.1) is 5.69 Å². The highest BCUT2D eigenvalue weighted by Crippen LogP contribution is 2.33. The van der Waals surface area contributed by atoms with Crippen LogP contribution in [0.5, 0.6) is 11.5 Å². The maximum absolute atomic E-state index is 13.4. The quantitative estimate of drug-likeness (QED) is 0.418. The molecule has 0 spiro atoms. The molecule has 3 aromatic rings. The standard InChI is InChI=1S/C26H28FN3O4/c27-19-3-4-21-24(16-19)34-28-26(21)18-7-11-29(12-8-18)13-9-20-10-14-30(20)25(33)6-2-17-1-5-22(31)23(32)15-17/h1-6,15-16,18,20,31-32H,7-14H2/b6-2+/t20-/m1/s1. The monoisotopic (exact) mass is 465 g/mol. The van der Waals surface area contributed by atoms with Gasteiger partial charge in [0.15, 0.2) is 17.1 Å². The fraction of sp³-hybridized carbons (Fsp3) is 0.385. The van der Waals surface area contributed by atoms with Gasteiger partial charge in [-0.2, -0.15) is 0 Å². The summed E-state index contributed by atoms with van der Waals surface area (Å²) in [5.41, 5.74) is 2.09. The zero-order valence-electron chi connectivity index (χ0n) is 18.9. The van der Waals surface area contributed by atoms with Gasteiger partial charge in [-0.25, -0.2) is 4.39 Å². The van der Waals surface area contributed by atoms with Crippen molar-refractivity contribution in [2.45, 2.75) is 37.6 Å². The van der Waals surface area contributed by atoms with E-state index in [2.05, 4.69) is 10.1 Å². The molecule has 2 N–H and O–H groups in total. The maximum Gasteiger partial charge on any atom is 0.246 e. The fourth-order valence-corrected chi connectivity index (χ4v) is 4.93. The number of fused-ring (bicyclic) bond motifs is 1. The van der Waals surface area contributed by atoms with Crippen LogP contribution in [-0.2, 0) is 4.79 Å². The van der Waals surface area contributed by atoms with Crippen molar-refractivity contribution in [2.75, 3.05) is 26.2 Å². The number of rotatable bonds is 6. The first-order valence-electron chi connectivity index (χ1n) is 11.8. The molecule has 2 aromatic carbocycles. The number of aromatic nitrogens is 1. The van der Waals surface area contributed by atoms with E-state index in [9.17, 15) is 19.4 Å². The van der Waals surface area contributed by atoms with Crippen molar-refractivity contribution >= 4 is 23.0 Å². The molecule has 0 unspecified atom stereocenters. The highest BCUT2D eigenvalue weighted by atomic mass is 19.1. The van der Waals surface area contributed by atoms with Crippen LogP contribution in [0, 0.1) is 5.82 Å².